The van der Waals surface area contributed by atoms with Crippen LogP contribution >= 0.6 is 0 Å². The number of pyridine rings is 1. The minimum Gasteiger partial charge on any atom is -0.335 e. The molecule has 1 aliphatic rings. The molecule has 0 bridgehead atoms. The molecule has 110 valence electrons. The van der Waals surface area contributed by atoms with E-state index in [1.165, 1.54) is 0 Å². The Morgan fingerprint density at radius 1 is 1.14 bits per heavy atom. The van der Waals surface area contributed by atoms with Crippen molar-refractivity contribution in [1.29, 1.82) is 0 Å². The number of hydrogen-bond acceptors (Lipinski definition) is 4. The predicted molar refractivity (Wildman–Crippen MR) is 83.1 cm³/mol. The lowest BCUT2D eigenvalue weighted by atomic mass is 10.1. The number of carbonyl (C=O) groups is 1. The van der Waals surface area contributed by atoms with E-state index in [1.807, 2.05) is 35.2 Å². The third-order valence-electron chi connectivity index (χ3n) is 3.98. The number of fused-ring (bicyclic) bond motifs is 1. The summed E-state index contributed by atoms with van der Waals surface area (Å²) in [5, 5.41) is 1.98. The molecule has 1 fully saturated rings. The van der Waals surface area contributed by atoms with Crippen molar-refractivity contribution in [3.05, 3.63) is 42.2 Å². The van der Waals surface area contributed by atoms with Gasteiger partial charge in [0.05, 0.1) is 0 Å². The molecule has 1 aliphatic heterocycles. The van der Waals surface area contributed by atoms with Crippen LogP contribution < -0.4 is 5.73 Å². The fraction of sp³-hybridized carbons (Fsp3) is 0.375. The minimum atomic E-state index is 0.0270. The van der Waals surface area contributed by atoms with Gasteiger partial charge in [-0.1, -0.05) is 24.3 Å². The number of carbonyl (C=O) groups excluding carboxylic acids is 1. The van der Waals surface area contributed by atoms with Gasteiger partial charge in [-0.25, -0.2) is 0 Å². The molecule has 2 heterocycles. The first-order valence-electron chi connectivity index (χ1n) is 7.35. The van der Waals surface area contributed by atoms with Crippen molar-refractivity contribution in [3.63, 3.8) is 0 Å². The summed E-state index contributed by atoms with van der Waals surface area (Å²) in [5.41, 5.74) is 6.13. The van der Waals surface area contributed by atoms with Crippen molar-refractivity contribution in [2.45, 2.75) is 0 Å². The molecule has 5 nitrogen and oxygen atoms in total. The van der Waals surface area contributed by atoms with E-state index in [1.54, 1.807) is 6.20 Å². The molecular weight excluding hydrogens is 264 g/mol. The number of hydrogen-bond donors (Lipinski definition) is 1. The van der Waals surface area contributed by atoms with Crippen LogP contribution in [0.4, 0.5) is 0 Å². The predicted octanol–water partition coefficient (Wildman–Crippen LogP) is 0.951. The zero-order valence-corrected chi connectivity index (χ0v) is 12.0. The molecule has 5 heteroatoms. The first kappa shape index (κ1) is 14.0. The third kappa shape index (κ3) is 2.89. The summed E-state index contributed by atoms with van der Waals surface area (Å²) in [7, 11) is 0. The van der Waals surface area contributed by atoms with Gasteiger partial charge in [0.25, 0.3) is 5.91 Å². The largest absolute Gasteiger partial charge is 0.335 e. The number of aromatic nitrogens is 1. The molecule has 3 rings (SSSR count). The highest BCUT2D eigenvalue weighted by atomic mass is 16.2. The number of piperazine rings is 1. The average Bonchev–Trinajstić information content (AvgIpc) is 2.55. The highest BCUT2D eigenvalue weighted by Crippen LogP contribution is 2.18. The Balaban J connectivity index is 1.79. The van der Waals surface area contributed by atoms with Gasteiger partial charge in [0.15, 0.2) is 0 Å². The quantitative estimate of drug-likeness (QED) is 0.911. The summed E-state index contributed by atoms with van der Waals surface area (Å²) in [6.45, 7) is 4.81. The van der Waals surface area contributed by atoms with Gasteiger partial charge in [-0.3, -0.25) is 14.7 Å². The van der Waals surface area contributed by atoms with E-state index in [-0.39, 0.29) is 5.91 Å². The lowest BCUT2D eigenvalue weighted by molar-refractivity contribution is 0.0637. The van der Waals surface area contributed by atoms with Crippen LogP contribution in [0.1, 0.15) is 10.5 Å². The van der Waals surface area contributed by atoms with Crippen LogP contribution in [0.5, 0.6) is 0 Å². The van der Waals surface area contributed by atoms with Crippen molar-refractivity contribution in [2.75, 3.05) is 39.3 Å². The summed E-state index contributed by atoms with van der Waals surface area (Å²) >= 11 is 0. The zero-order chi connectivity index (χ0) is 14.7. The highest BCUT2D eigenvalue weighted by molar-refractivity contribution is 6.05. The van der Waals surface area contributed by atoms with Crippen molar-refractivity contribution >= 4 is 16.7 Å². The molecule has 1 aromatic heterocycles. The fourth-order valence-electron chi connectivity index (χ4n) is 2.80. The molecule has 1 aromatic carbocycles. The molecule has 1 saturated heterocycles. The Labute approximate surface area is 124 Å². The number of nitrogens with two attached hydrogens (primary N) is 1. The van der Waals surface area contributed by atoms with Crippen LogP contribution in [0, 0.1) is 0 Å². The number of rotatable bonds is 3. The van der Waals surface area contributed by atoms with E-state index in [9.17, 15) is 4.79 Å². The van der Waals surface area contributed by atoms with E-state index in [0.717, 1.165) is 43.5 Å². The zero-order valence-electron chi connectivity index (χ0n) is 12.0. The normalized spacial score (nSPS) is 16.3. The Kier molecular flexibility index (Phi) is 4.13. The average molecular weight is 284 g/mol. The second kappa shape index (κ2) is 6.20. The van der Waals surface area contributed by atoms with Crippen LogP contribution in [0.25, 0.3) is 10.8 Å². The Bertz CT molecular complexity index is 630. The summed E-state index contributed by atoms with van der Waals surface area (Å²) in [6, 6.07) is 9.82. The van der Waals surface area contributed by atoms with E-state index in [4.69, 9.17) is 5.73 Å². The minimum absolute atomic E-state index is 0.0270. The maximum atomic E-state index is 12.7. The SMILES string of the molecule is NCCN1CCN(C(=O)c2nccc3ccccc23)CC1. The van der Waals surface area contributed by atoms with Crippen LogP contribution in [0.3, 0.4) is 0 Å². The van der Waals surface area contributed by atoms with Crippen LogP contribution in [-0.4, -0.2) is 60.0 Å². The summed E-state index contributed by atoms with van der Waals surface area (Å²) in [6.07, 6.45) is 1.71. The molecule has 2 N–H and O–H groups in total. The molecule has 0 saturated carbocycles. The Morgan fingerprint density at radius 3 is 2.67 bits per heavy atom. The molecule has 21 heavy (non-hydrogen) atoms. The third-order valence-corrected chi connectivity index (χ3v) is 3.98. The lowest BCUT2D eigenvalue weighted by Gasteiger charge is -2.34. The van der Waals surface area contributed by atoms with Crippen molar-refractivity contribution in [2.24, 2.45) is 5.73 Å². The smallest absolute Gasteiger partial charge is 0.273 e. The molecule has 0 spiro atoms. The molecule has 0 atom stereocenters. The number of benzene rings is 1. The molecule has 1 amide bonds. The van der Waals surface area contributed by atoms with Crippen LogP contribution in [0.15, 0.2) is 36.5 Å². The van der Waals surface area contributed by atoms with Crippen LogP contribution in [-0.2, 0) is 0 Å². The number of amides is 1. The van der Waals surface area contributed by atoms with E-state index in [2.05, 4.69) is 9.88 Å². The van der Waals surface area contributed by atoms with Crippen LogP contribution in [0.2, 0.25) is 0 Å². The van der Waals surface area contributed by atoms with E-state index in [0.29, 0.717) is 12.2 Å². The van der Waals surface area contributed by atoms with Gasteiger partial charge in [0, 0.05) is 50.9 Å². The van der Waals surface area contributed by atoms with Crippen molar-refractivity contribution in [3.8, 4) is 0 Å². The summed E-state index contributed by atoms with van der Waals surface area (Å²) in [5.74, 6) is 0.0270. The van der Waals surface area contributed by atoms with E-state index >= 15 is 0 Å². The molecule has 0 radical (unpaired) electrons. The summed E-state index contributed by atoms with van der Waals surface area (Å²) in [4.78, 5) is 21.2. The topological polar surface area (TPSA) is 62.5 Å². The Hall–Kier alpha value is -1.98. The number of nitrogens with zero attached hydrogens (tertiary/aromatic N) is 3. The van der Waals surface area contributed by atoms with Gasteiger partial charge in [0.2, 0.25) is 0 Å². The van der Waals surface area contributed by atoms with Gasteiger partial charge in [0.1, 0.15) is 5.69 Å². The van der Waals surface area contributed by atoms with Gasteiger partial charge < -0.3 is 10.6 Å². The lowest BCUT2D eigenvalue weighted by Crippen LogP contribution is -2.49. The van der Waals surface area contributed by atoms with Gasteiger partial charge in [-0.15, -0.1) is 0 Å². The molecule has 0 aliphatic carbocycles. The maximum absolute atomic E-state index is 12.7. The first-order chi connectivity index (χ1) is 10.3. The second-order valence-electron chi connectivity index (χ2n) is 5.30. The van der Waals surface area contributed by atoms with Gasteiger partial charge >= 0.3 is 0 Å². The van der Waals surface area contributed by atoms with Gasteiger partial charge in [-0.2, -0.15) is 0 Å². The van der Waals surface area contributed by atoms with Crippen molar-refractivity contribution < 1.29 is 4.79 Å². The molecular formula is C16H20N4O. The second-order valence-corrected chi connectivity index (χ2v) is 5.30. The van der Waals surface area contributed by atoms with Crippen molar-refractivity contribution in [1.82, 2.24) is 14.8 Å². The monoisotopic (exact) mass is 284 g/mol. The first-order valence-corrected chi connectivity index (χ1v) is 7.35. The molecule has 0 unspecified atom stereocenters. The standard InChI is InChI=1S/C16H20N4O/c17-6-8-19-9-11-20(12-10-19)16(21)15-14-4-2-1-3-13(14)5-7-18-15/h1-5,7H,6,8-12,17H2. The van der Waals surface area contributed by atoms with E-state index < -0.39 is 0 Å². The molecule has 2 aromatic rings. The summed E-state index contributed by atoms with van der Waals surface area (Å²) < 4.78 is 0. The fourth-order valence-corrected chi connectivity index (χ4v) is 2.80. The van der Waals surface area contributed by atoms with Gasteiger partial charge in [-0.05, 0) is 11.5 Å². The maximum Gasteiger partial charge on any atom is 0.273 e. The highest BCUT2D eigenvalue weighted by Gasteiger charge is 2.23. The Morgan fingerprint density at radius 2 is 1.90 bits per heavy atom.